The molecule has 1 N–H and O–H groups in total. The Morgan fingerprint density at radius 2 is 2.14 bits per heavy atom. The molecular weight excluding hydrogens is 278 g/mol. The summed E-state index contributed by atoms with van der Waals surface area (Å²) in [5.41, 5.74) is 0.863. The molecule has 2 heterocycles. The van der Waals surface area contributed by atoms with E-state index in [0.29, 0.717) is 6.54 Å². The van der Waals surface area contributed by atoms with E-state index in [2.05, 4.69) is 10.3 Å². The highest BCUT2D eigenvalue weighted by Gasteiger charge is 2.32. The van der Waals surface area contributed by atoms with Crippen molar-refractivity contribution in [3.8, 4) is 0 Å². The van der Waals surface area contributed by atoms with Crippen LogP contribution in [0.25, 0.3) is 0 Å². The molecule has 1 aromatic heterocycles. The van der Waals surface area contributed by atoms with Gasteiger partial charge in [-0.2, -0.15) is 0 Å². The summed E-state index contributed by atoms with van der Waals surface area (Å²) >= 11 is 0. The van der Waals surface area contributed by atoms with Crippen LogP contribution >= 0.6 is 0 Å². The number of nitrogens with one attached hydrogen (secondary N) is 1. The molecule has 0 aromatic carbocycles. The van der Waals surface area contributed by atoms with Gasteiger partial charge in [-0.05, 0) is 25.0 Å². The molecule has 22 heavy (non-hydrogen) atoms. The number of nitrogens with zero attached hydrogens (tertiary/aromatic N) is 2. The number of hydrogen-bond acceptors (Lipinski definition) is 3. The fourth-order valence-corrected chi connectivity index (χ4v) is 3.06. The molecule has 0 spiro atoms. The lowest BCUT2D eigenvalue weighted by Gasteiger charge is -2.37. The van der Waals surface area contributed by atoms with Gasteiger partial charge in [0.15, 0.2) is 0 Å². The summed E-state index contributed by atoms with van der Waals surface area (Å²) in [6, 6.07) is 5.59. The second-order valence-corrected chi connectivity index (χ2v) is 6.27. The van der Waals surface area contributed by atoms with E-state index < -0.39 is 0 Å². The molecule has 1 aromatic rings. The first-order valence-electron chi connectivity index (χ1n) is 7.96. The molecule has 1 aliphatic heterocycles. The molecule has 2 atom stereocenters. The van der Waals surface area contributed by atoms with Gasteiger partial charge < -0.3 is 10.2 Å². The van der Waals surface area contributed by atoms with Crippen LogP contribution in [0, 0.1) is 11.8 Å². The smallest absolute Gasteiger partial charge is 0.225 e. The van der Waals surface area contributed by atoms with E-state index in [9.17, 15) is 9.59 Å². The summed E-state index contributed by atoms with van der Waals surface area (Å²) in [6.07, 6.45) is 3.69. The summed E-state index contributed by atoms with van der Waals surface area (Å²) in [5.74, 6) is 0.332. The Hall–Kier alpha value is -1.91. The molecule has 1 aliphatic rings. The summed E-state index contributed by atoms with van der Waals surface area (Å²) < 4.78 is 0. The maximum absolute atomic E-state index is 12.2. The molecule has 0 radical (unpaired) electrons. The monoisotopic (exact) mass is 303 g/mol. The predicted octanol–water partition coefficient (Wildman–Crippen LogP) is 2.15. The van der Waals surface area contributed by atoms with Crippen LogP contribution in [0.3, 0.4) is 0 Å². The Morgan fingerprint density at radius 1 is 1.36 bits per heavy atom. The van der Waals surface area contributed by atoms with Gasteiger partial charge in [-0.3, -0.25) is 14.6 Å². The number of carbonyl (C=O) groups is 2. The third-order valence-corrected chi connectivity index (χ3v) is 4.10. The number of likely N-dealkylation sites (tertiary alicyclic amines) is 1. The first-order chi connectivity index (χ1) is 10.5. The minimum absolute atomic E-state index is 0.00724. The number of aromatic nitrogens is 1. The van der Waals surface area contributed by atoms with Gasteiger partial charge in [0.1, 0.15) is 0 Å². The van der Waals surface area contributed by atoms with Crippen LogP contribution in [0.15, 0.2) is 24.4 Å². The van der Waals surface area contributed by atoms with Gasteiger partial charge in [-0.1, -0.05) is 19.9 Å². The Morgan fingerprint density at radius 3 is 2.73 bits per heavy atom. The summed E-state index contributed by atoms with van der Waals surface area (Å²) in [5, 5.41) is 3.02. The molecule has 0 aliphatic carbocycles. The highest BCUT2D eigenvalue weighted by Crippen LogP contribution is 2.29. The lowest BCUT2D eigenvalue weighted by atomic mass is 9.88. The zero-order valence-corrected chi connectivity index (χ0v) is 13.6. The highest BCUT2D eigenvalue weighted by molar-refractivity contribution is 5.78. The average molecular weight is 303 g/mol. The van der Waals surface area contributed by atoms with Crippen molar-refractivity contribution in [2.24, 2.45) is 11.8 Å². The summed E-state index contributed by atoms with van der Waals surface area (Å²) in [4.78, 5) is 30.1. The van der Waals surface area contributed by atoms with Gasteiger partial charge in [-0.25, -0.2) is 0 Å². The second-order valence-electron chi connectivity index (χ2n) is 6.27. The van der Waals surface area contributed by atoms with E-state index in [1.165, 1.54) is 6.92 Å². The molecular formula is C17H25N3O2. The van der Waals surface area contributed by atoms with Crippen molar-refractivity contribution in [1.29, 1.82) is 0 Å². The lowest BCUT2D eigenvalue weighted by Crippen LogP contribution is -2.46. The minimum Gasteiger partial charge on any atom is -0.348 e. The van der Waals surface area contributed by atoms with Gasteiger partial charge in [0, 0.05) is 38.0 Å². The van der Waals surface area contributed by atoms with Crippen molar-refractivity contribution in [2.75, 3.05) is 13.1 Å². The van der Waals surface area contributed by atoms with Gasteiger partial charge in [0.05, 0.1) is 11.7 Å². The SMILES string of the molecule is CC(=O)N[C@H](c1ccccn1)[C@H]1CCCN(C(=O)C(C)C)C1. The van der Waals surface area contributed by atoms with Crippen molar-refractivity contribution in [3.05, 3.63) is 30.1 Å². The molecule has 5 heteroatoms. The quantitative estimate of drug-likeness (QED) is 0.927. The van der Waals surface area contributed by atoms with Crippen LogP contribution in [0.5, 0.6) is 0 Å². The van der Waals surface area contributed by atoms with Crippen LogP contribution in [-0.4, -0.2) is 34.8 Å². The minimum atomic E-state index is -0.138. The largest absolute Gasteiger partial charge is 0.348 e. The van der Waals surface area contributed by atoms with E-state index >= 15 is 0 Å². The van der Waals surface area contributed by atoms with Crippen LogP contribution in [0.2, 0.25) is 0 Å². The van der Waals surface area contributed by atoms with Crippen molar-refractivity contribution >= 4 is 11.8 Å². The normalized spacial score (nSPS) is 19.8. The average Bonchev–Trinajstić information content (AvgIpc) is 2.52. The van der Waals surface area contributed by atoms with Crippen LogP contribution < -0.4 is 5.32 Å². The van der Waals surface area contributed by atoms with Crippen LogP contribution in [0.1, 0.15) is 45.3 Å². The van der Waals surface area contributed by atoms with Gasteiger partial charge in [-0.15, -0.1) is 0 Å². The van der Waals surface area contributed by atoms with E-state index in [4.69, 9.17) is 0 Å². The van der Waals surface area contributed by atoms with Crippen molar-refractivity contribution in [3.63, 3.8) is 0 Å². The molecule has 1 saturated heterocycles. The summed E-state index contributed by atoms with van der Waals surface area (Å²) in [6.45, 7) is 6.86. The molecule has 2 rings (SSSR count). The van der Waals surface area contributed by atoms with Gasteiger partial charge >= 0.3 is 0 Å². The number of rotatable bonds is 4. The molecule has 0 saturated carbocycles. The molecule has 5 nitrogen and oxygen atoms in total. The molecule has 1 fully saturated rings. The first-order valence-corrected chi connectivity index (χ1v) is 7.96. The van der Waals surface area contributed by atoms with E-state index in [-0.39, 0.29) is 29.7 Å². The molecule has 0 unspecified atom stereocenters. The fraction of sp³-hybridized carbons (Fsp3) is 0.588. The Bertz CT molecular complexity index is 516. The Balaban J connectivity index is 2.17. The van der Waals surface area contributed by atoms with E-state index in [0.717, 1.165) is 25.1 Å². The molecule has 0 bridgehead atoms. The zero-order chi connectivity index (χ0) is 16.1. The topological polar surface area (TPSA) is 62.3 Å². The molecule has 2 amide bonds. The van der Waals surface area contributed by atoms with E-state index in [1.807, 2.05) is 36.9 Å². The predicted molar refractivity (Wildman–Crippen MR) is 84.9 cm³/mol. The number of amides is 2. The third kappa shape index (κ3) is 4.06. The van der Waals surface area contributed by atoms with Crippen molar-refractivity contribution in [2.45, 2.75) is 39.7 Å². The highest BCUT2D eigenvalue weighted by atomic mass is 16.2. The second kappa shape index (κ2) is 7.38. The zero-order valence-electron chi connectivity index (χ0n) is 13.6. The van der Waals surface area contributed by atoms with Crippen LogP contribution in [-0.2, 0) is 9.59 Å². The number of piperidine rings is 1. The van der Waals surface area contributed by atoms with Gasteiger partial charge in [0.25, 0.3) is 0 Å². The Kier molecular flexibility index (Phi) is 5.52. The summed E-state index contributed by atoms with van der Waals surface area (Å²) in [7, 11) is 0. The number of hydrogen-bond donors (Lipinski definition) is 1. The van der Waals surface area contributed by atoms with Crippen molar-refractivity contribution in [1.82, 2.24) is 15.2 Å². The van der Waals surface area contributed by atoms with Gasteiger partial charge in [0.2, 0.25) is 11.8 Å². The third-order valence-electron chi connectivity index (χ3n) is 4.10. The molecule has 120 valence electrons. The Labute approximate surface area is 132 Å². The first kappa shape index (κ1) is 16.5. The number of pyridine rings is 1. The number of carbonyl (C=O) groups excluding carboxylic acids is 2. The van der Waals surface area contributed by atoms with Crippen LogP contribution in [0.4, 0.5) is 0 Å². The fourth-order valence-electron chi connectivity index (χ4n) is 3.06. The van der Waals surface area contributed by atoms with E-state index in [1.54, 1.807) is 6.20 Å². The standard InChI is InChI=1S/C17H25N3O2/c1-12(2)17(22)20-10-6-7-14(11-20)16(19-13(3)21)15-8-4-5-9-18-15/h4-5,8-9,12,14,16H,6-7,10-11H2,1-3H3,(H,19,21)/t14-,16-/m0/s1. The lowest BCUT2D eigenvalue weighted by molar-refractivity contribution is -0.136. The van der Waals surface area contributed by atoms with Crippen molar-refractivity contribution < 1.29 is 9.59 Å². The maximum atomic E-state index is 12.2. The maximum Gasteiger partial charge on any atom is 0.225 e.